The second kappa shape index (κ2) is 7.77. The predicted molar refractivity (Wildman–Crippen MR) is 97.5 cm³/mol. The van der Waals surface area contributed by atoms with Gasteiger partial charge < -0.3 is 14.5 Å². The summed E-state index contributed by atoms with van der Waals surface area (Å²) in [6.45, 7) is 14.2. The van der Waals surface area contributed by atoms with Crippen LogP contribution in [0.15, 0.2) is 10.6 Å². The third-order valence-electron chi connectivity index (χ3n) is 4.26. The molecule has 2 heterocycles. The maximum atomic E-state index is 11.9. The Morgan fingerprint density at radius 2 is 2.04 bits per heavy atom. The molecule has 0 aliphatic carbocycles. The Morgan fingerprint density at radius 1 is 1.32 bits per heavy atom. The molecule has 6 nitrogen and oxygen atoms in total. The van der Waals surface area contributed by atoms with Crippen molar-refractivity contribution in [2.75, 3.05) is 13.1 Å². The van der Waals surface area contributed by atoms with Gasteiger partial charge in [0.1, 0.15) is 11.4 Å². The number of hydrogen-bond acceptors (Lipinski definition) is 5. The monoisotopic (exact) mass is 351 g/mol. The number of carbonyl (C=O) groups excluding carboxylic acids is 1. The van der Waals surface area contributed by atoms with Gasteiger partial charge in [0.25, 0.3) is 0 Å². The Balaban J connectivity index is 1.92. The standard InChI is InChI=1S/C19H33N3O3/c1-18(2,3)15-12-20-16(24-15)13-22-10-8-7-9-14(22)11-21-17(23)25-19(4,5)6/h12,14H,7-11,13H2,1-6H3,(H,21,23). The molecular formula is C19H33N3O3. The lowest BCUT2D eigenvalue weighted by atomic mass is 9.94. The summed E-state index contributed by atoms with van der Waals surface area (Å²) in [6.07, 6.45) is 4.87. The molecule has 1 amide bonds. The number of aromatic nitrogens is 1. The number of likely N-dealkylation sites (tertiary alicyclic amines) is 1. The lowest BCUT2D eigenvalue weighted by Gasteiger charge is -2.35. The van der Waals surface area contributed by atoms with E-state index >= 15 is 0 Å². The third kappa shape index (κ3) is 6.34. The van der Waals surface area contributed by atoms with Crippen molar-refractivity contribution in [3.05, 3.63) is 17.8 Å². The van der Waals surface area contributed by atoms with Crippen LogP contribution in [-0.2, 0) is 16.7 Å². The van der Waals surface area contributed by atoms with E-state index in [1.165, 1.54) is 6.42 Å². The van der Waals surface area contributed by atoms with Gasteiger partial charge in [-0.2, -0.15) is 0 Å². The largest absolute Gasteiger partial charge is 0.444 e. The van der Waals surface area contributed by atoms with Gasteiger partial charge in [-0.3, -0.25) is 4.90 Å². The molecule has 0 saturated carbocycles. The first-order valence-corrected chi connectivity index (χ1v) is 9.21. The smallest absolute Gasteiger partial charge is 0.407 e. The van der Waals surface area contributed by atoms with E-state index in [-0.39, 0.29) is 17.6 Å². The minimum Gasteiger partial charge on any atom is -0.444 e. The number of nitrogens with zero attached hydrogens (tertiary/aromatic N) is 2. The van der Waals surface area contributed by atoms with Gasteiger partial charge in [0.2, 0.25) is 5.89 Å². The molecule has 1 saturated heterocycles. The molecule has 1 aromatic rings. The molecule has 2 rings (SSSR count). The lowest BCUT2D eigenvalue weighted by molar-refractivity contribution is 0.0488. The Morgan fingerprint density at radius 3 is 2.64 bits per heavy atom. The molecule has 1 N–H and O–H groups in total. The van der Waals surface area contributed by atoms with Gasteiger partial charge in [-0.05, 0) is 40.2 Å². The van der Waals surface area contributed by atoms with Crippen LogP contribution in [0.5, 0.6) is 0 Å². The van der Waals surface area contributed by atoms with Crippen LogP contribution in [0.1, 0.15) is 72.5 Å². The van der Waals surface area contributed by atoms with E-state index in [1.807, 2.05) is 27.0 Å². The fraction of sp³-hybridized carbons (Fsp3) is 0.789. The van der Waals surface area contributed by atoms with Gasteiger partial charge in [-0.25, -0.2) is 9.78 Å². The highest BCUT2D eigenvalue weighted by Gasteiger charge is 2.26. The zero-order valence-corrected chi connectivity index (χ0v) is 16.5. The van der Waals surface area contributed by atoms with E-state index in [4.69, 9.17) is 9.15 Å². The van der Waals surface area contributed by atoms with Crippen LogP contribution < -0.4 is 5.32 Å². The summed E-state index contributed by atoms with van der Waals surface area (Å²) in [5.41, 5.74) is -0.511. The zero-order valence-electron chi connectivity index (χ0n) is 16.5. The maximum absolute atomic E-state index is 11.9. The predicted octanol–water partition coefficient (Wildman–Crippen LogP) is 3.85. The summed E-state index contributed by atoms with van der Waals surface area (Å²) in [5.74, 6) is 1.65. The molecule has 0 radical (unpaired) electrons. The zero-order chi connectivity index (χ0) is 18.7. The van der Waals surface area contributed by atoms with Gasteiger partial charge in [-0.15, -0.1) is 0 Å². The first-order valence-electron chi connectivity index (χ1n) is 9.21. The summed E-state index contributed by atoms with van der Waals surface area (Å²) in [5, 5.41) is 2.90. The van der Waals surface area contributed by atoms with Gasteiger partial charge in [0, 0.05) is 18.0 Å². The summed E-state index contributed by atoms with van der Waals surface area (Å²) in [4.78, 5) is 18.7. The van der Waals surface area contributed by atoms with E-state index in [1.54, 1.807) is 0 Å². The Hall–Kier alpha value is -1.56. The number of alkyl carbamates (subject to hydrolysis) is 1. The highest BCUT2D eigenvalue weighted by molar-refractivity contribution is 5.67. The summed E-state index contributed by atoms with van der Waals surface area (Å²) in [6, 6.07) is 0.284. The van der Waals surface area contributed by atoms with Crippen LogP contribution in [0.3, 0.4) is 0 Å². The Labute approximate surface area is 151 Å². The molecule has 0 bridgehead atoms. The quantitative estimate of drug-likeness (QED) is 0.892. The SMILES string of the molecule is CC(C)(C)OC(=O)NCC1CCCCN1Cc1ncc(C(C)(C)C)o1. The van der Waals surface area contributed by atoms with Gasteiger partial charge >= 0.3 is 6.09 Å². The fourth-order valence-electron chi connectivity index (χ4n) is 2.92. The second-order valence-corrected chi connectivity index (χ2v) is 8.87. The number of hydrogen-bond donors (Lipinski definition) is 1. The second-order valence-electron chi connectivity index (χ2n) is 8.87. The number of rotatable bonds is 4. The summed E-state index contributed by atoms with van der Waals surface area (Å²) >= 11 is 0. The van der Waals surface area contributed by atoms with E-state index in [2.05, 4.69) is 36.0 Å². The van der Waals surface area contributed by atoms with Crippen LogP contribution >= 0.6 is 0 Å². The molecule has 25 heavy (non-hydrogen) atoms. The minimum atomic E-state index is -0.474. The minimum absolute atomic E-state index is 0.0369. The lowest BCUT2D eigenvalue weighted by Crippen LogP contribution is -2.47. The van der Waals surface area contributed by atoms with Crippen molar-refractivity contribution in [2.24, 2.45) is 0 Å². The van der Waals surface area contributed by atoms with Gasteiger partial charge in [-0.1, -0.05) is 27.2 Å². The van der Waals surface area contributed by atoms with Crippen molar-refractivity contribution in [1.82, 2.24) is 15.2 Å². The van der Waals surface area contributed by atoms with E-state index in [0.29, 0.717) is 13.1 Å². The first-order chi connectivity index (χ1) is 11.5. The molecule has 1 aliphatic rings. The van der Waals surface area contributed by atoms with Crippen molar-refractivity contribution in [3.8, 4) is 0 Å². The molecule has 6 heteroatoms. The topological polar surface area (TPSA) is 67.6 Å². The molecule has 1 unspecified atom stereocenters. The first kappa shape index (κ1) is 19.8. The average Bonchev–Trinajstić information content (AvgIpc) is 2.93. The number of ether oxygens (including phenoxy) is 1. The van der Waals surface area contributed by atoms with Crippen molar-refractivity contribution < 1.29 is 13.9 Å². The molecule has 1 aliphatic heterocycles. The van der Waals surface area contributed by atoms with Gasteiger partial charge in [0.15, 0.2) is 0 Å². The highest BCUT2D eigenvalue weighted by Crippen LogP contribution is 2.24. The summed E-state index contributed by atoms with van der Waals surface area (Å²) < 4.78 is 11.2. The van der Waals surface area contributed by atoms with Crippen molar-refractivity contribution in [2.45, 2.75) is 84.4 Å². The van der Waals surface area contributed by atoms with E-state index < -0.39 is 5.60 Å². The molecule has 142 valence electrons. The summed E-state index contributed by atoms with van der Waals surface area (Å²) in [7, 11) is 0. The van der Waals surface area contributed by atoms with Crippen molar-refractivity contribution >= 4 is 6.09 Å². The third-order valence-corrected chi connectivity index (χ3v) is 4.26. The van der Waals surface area contributed by atoms with Crippen LogP contribution in [0.2, 0.25) is 0 Å². The Bertz CT molecular complexity index is 569. The average molecular weight is 351 g/mol. The van der Waals surface area contributed by atoms with Crippen LogP contribution in [-0.4, -0.2) is 40.7 Å². The number of piperidine rings is 1. The van der Waals surface area contributed by atoms with E-state index in [0.717, 1.165) is 31.0 Å². The maximum Gasteiger partial charge on any atom is 0.407 e. The Kier molecular flexibility index (Phi) is 6.14. The number of nitrogens with one attached hydrogen (secondary N) is 1. The van der Waals surface area contributed by atoms with E-state index in [9.17, 15) is 4.79 Å². The van der Waals surface area contributed by atoms with Gasteiger partial charge in [0.05, 0.1) is 12.7 Å². The molecule has 1 fully saturated rings. The van der Waals surface area contributed by atoms with Crippen LogP contribution in [0.4, 0.5) is 4.79 Å². The number of carbonyl (C=O) groups is 1. The van der Waals surface area contributed by atoms with Crippen molar-refractivity contribution in [3.63, 3.8) is 0 Å². The van der Waals surface area contributed by atoms with Crippen molar-refractivity contribution in [1.29, 1.82) is 0 Å². The molecule has 1 atom stereocenters. The normalized spacial score (nSPS) is 19.7. The van der Waals surface area contributed by atoms with Crippen LogP contribution in [0.25, 0.3) is 0 Å². The number of amides is 1. The molecule has 0 spiro atoms. The molecular weight excluding hydrogens is 318 g/mol. The molecule has 1 aromatic heterocycles. The molecule has 0 aromatic carbocycles. The highest BCUT2D eigenvalue weighted by atomic mass is 16.6. The number of oxazole rings is 1. The fourth-order valence-corrected chi connectivity index (χ4v) is 2.92. The van der Waals surface area contributed by atoms with Crippen LogP contribution in [0, 0.1) is 0 Å².